The molecule has 1 aromatic heterocycles. The fourth-order valence-electron chi connectivity index (χ4n) is 2.82. The first-order valence-electron chi connectivity index (χ1n) is 7.28. The summed E-state index contributed by atoms with van der Waals surface area (Å²) >= 11 is 0. The molecule has 116 valence electrons. The Morgan fingerprint density at radius 1 is 1.18 bits per heavy atom. The van der Waals surface area contributed by atoms with Crippen molar-refractivity contribution >= 4 is 15.8 Å². The summed E-state index contributed by atoms with van der Waals surface area (Å²) in [7, 11) is -3.49. The van der Waals surface area contributed by atoms with Crippen LogP contribution < -0.4 is 5.73 Å². The Hall–Kier alpha value is -1.92. The molecule has 0 radical (unpaired) electrons. The van der Waals surface area contributed by atoms with Gasteiger partial charge in [-0.3, -0.25) is 0 Å². The molecular formula is C16H19N3O2S. The van der Waals surface area contributed by atoms with Crippen molar-refractivity contribution in [2.75, 3.05) is 12.3 Å². The topological polar surface area (TPSA) is 76.3 Å². The molecule has 1 saturated heterocycles. The molecule has 0 spiro atoms. The van der Waals surface area contributed by atoms with Crippen molar-refractivity contribution in [3.8, 4) is 0 Å². The number of nitrogen functional groups attached to an aromatic ring is 1. The van der Waals surface area contributed by atoms with E-state index in [0.717, 1.165) is 24.0 Å². The number of rotatable bonds is 3. The Bertz CT molecular complexity index is 755. The predicted molar refractivity (Wildman–Crippen MR) is 85.7 cm³/mol. The number of hydrogen-bond donors (Lipinski definition) is 1. The maximum absolute atomic E-state index is 12.9. The normalized spacial score (nSPS) is 19.4. The summed E-state index contributed by atoms with van der Waals surface area (Å²) in [6.45, 7) is 2.47. The molecule has 1 atom stereocenters. The monoisotopic (exact) mass is 317 g/mol. The van der Waals surface area contributed by atoms with Gasteiger partial charge in [0.1, 0.15) is 5.82 Å². The van der Waals surface area contributed by atoms with Crippen LogP contribution in [-0.2, 0) is 10.0 Å². The summed E-state index contributed by atoms with van der Waals surface area (Å²) in [4.78, 5) is 4.42. The smallest absolute Gasteiger partial charge is 0.243 e. The second-order valence-corrected chi connectivity index (χ2v) is 7.49. The molecule has 2 N–H and O–H groups in total. The average Bonchev–Trinajstić information content (AvgIpc) is 2.99. The quantitative estimate of drug-likeness (QED) is 0.943. The van der Waals surface area contributed by atoms with E-state index in [1.165, 1.54) is 0 Å². The summed E-state index contributed by atoms with van der Waals surface area (Å²) in [6, 6.07) is 10.4. The molecule has 5 nitrogen and oxygen atoms in total. The average molecular weight is 317 g/mol. The van der Waals surface area contributed by atoms with Gasteiger partial charge in [0.2, 0.25) is 10.0 Å². The van der Waals surface area contributed by atoms with E-state index in [1.807, 2.05) is 25.1 Å². The van der Waals surface area contributed by atoms with Crippen LogP contribution in [0.5, 0.6) is 0 Å². The van der Waals surface area contributed by atoms with Gasteiger partial charge in [0, 0.05) is 12.7 Å². The summed E-state index contributed by atoms with van der Waals surface area (Å²) in [5, 5.41) is 0. The summed E-state index contributed by atoms with van der Waals surface area (Å²) in [5.41, 5.74) is 7.54. The lowest BCUT2D eigenvalue weighted by Crippen LogP contribution is -2.30. The van der Waals surface area contributed by atoms with Gasteiger partial charge in [-0.25, -0.2) is 13.4 Å². The highest BCUT2D eigenvalue weighted by atomic mass is 32.2. The largest absolute Gasteiger partial charge is 0.384 e. The Kier molecular flexibility index (Phi) is 3.88. The van der Waals surface area contributed by atoms with Crippen LogP contribution >= 0.6 is 0 Å². The molecule has 6 heteroatoms. The zero-order valence-electron chi connectivity index (χ0n) is 12.4. The number of nitrogens with zero attached hydrogens (tertiary/aromatic N) is 2. The fraction of sp³-hybridized carbons (Fsp3) is 0.312. The molecule has 3 rings (SSSR count). The fourth-order valence-corrected chi connectivity index (χ4v) is 4.50. The lowest BCUT2D eigenvalue weighted by atomic mass is 10.1. The highest BCUT2D eigenvalue weighted by Crippen LogP contribution is 2.36. The molecule has 0 aliphatic carbocycles. The van der Waals surface area contributed by atoms with Gasteiger partial charge in [-0.15, -0.1) is 0 Å². The van der Waals surface area contributed by atoms with Crippen LogP contribution in [0.4, 0.5) is 5.82 Å². The van der Waals surface area contributed by atoms with Gasteiger partial charge in [-0.1, -0.05) is 23.8 Å². The number of benzene rings is 1. The molecule has 1 aromatic carbocycles. The van der Waals surface area contributed by atoms with Crippen molar-refractivity contribution in [1.29, 1.82) is 0 Å². The van der Waals surface area contributed by atoms with E-state index in [1.54, 1.807) is 28.7 Å². The maximum Gasteiger partial charge on any atom is 0.243 e. The van der Waals surface area contributed by atoms with Crippen molar-refractivity contribution in [2.24, 2.45) is 0 Å². The molecular weight excluding hydrogens is 298 g/mol. The minimum atomic E-state index is -3.49. The van der Waals surface area contributed by atoms with Crippen molar-refractivity contribution in [3.05, 3.63) is 53.7 Å². The minimum Gasteiger partial charge on any atom is -0.384 e. The van der Waals surface area contributed by atoms with Gasteiger partial charge in [0.25, 0.3) is 0 Å². The minimum absolute atomic E-state index is 0.167. The summed E-state index contributed by atoms with van der Waals surface area (Å²) in [5.74, 6) is 0.440. The van der Waals surface area contributed by atoms with Crippen LogP contribution in [0.25, 0.3) is 0 Å². The SMILES string of the molecule is Cc1ccc(S(=O)(=O)N2CCC[C@H]2c2ccc(N)nc2)cc1. The zero-order valence-corrected chi connectivity index (χ0v) is 13.3. The first-order chi connectivity index (χ1) is 10.5. The Balaban J connectivity index is 1.95. The molecule has 0 bridgehead atoms. The zero-order chi connectivity index (χ0) is 15.7. The number of nitrogens with two attached hydrogens (primary N) is 1. The van der Waals surface area contributed by atoms with Gasteiger partial charge < -0.3 is 5.73 Å². The van der Waals surface area contributed by atoms with E-state index < -0.39 is 10.0 Å². The van der Waals surface area contributed by atoms with Crippen LogP contribution in [0.2, 0.25) is 0 Å². The number of aromatic nitrogens is 1. The molecule has 1 aliphatic heterocycles. The third-order valence-corrected chi connectivity index (χ3v) is 5.95. The van der Waals surface area contributed by atoms with Gasteiger partial charge >= 0.3 is 0 Å². The third-order valence-electron chi connectivity index (χ3n) is 4.03. The van der Waals surface area contributed by atoms with Crippen molar-refractivity contribution in [2.45, 2.75) is 30.7 Å². The first-order valence-corrected chi connectivity index (χ1v) is 8.72. The van der Waals surface area contributed by atoms with E-state index in [-0.39, 0.29) is 6.04 Å². The van der Waals surface area contributed by atoms with Gasteiger partial charge in [0.05, 0.1) is 10.9 Å². The maximum atomic E-state index is 12.9. The third kappa shape index (κ3) is 2.71. The number of hydrogen-bond acceptors (Lipinski definition) is 4. The van der Waals surface area contributed by atoms with E-state index in [9.17, 15) is 8.42 Å². The molecule has 0 amide bonds. The van der Waals surface area contributed by atoms with Crippen LogP contribution in [0.3, 0.4) is 0 Å². The molecule has 0 saturated carbocycles. The van der Waals surface area contributed by atoms with Gasteiger partial charge in [-0.05, 0) is 43.5 Å². The van der Waals surface area contributed by atoms with Crippen molar-refractivity contribution < 1.29 is 8.42 Å². The van der Waals surface area contributed by atoms with E-state index in [4.69, 9.17) is 5.73 Å². The lowest BCUT2D eigenvalue weighted by molar-refractivity contribution is 0.396. The second kappa shape index (κ2) is 5.70. The summed E-state index contributed by atoms with van der Waals surface area (Å²) < 4.78 is 27.3. The molecule has 0 unspecified atom stereocenters. The molecule has 22 heavy (non-hydrogen) atoms. The van der Waals surface area contributed by atoms with Crippen LogP contribution in [0, 0.1) is 6.92 Å². The number of sulfonamides is 1. The Morgan fingerprint density at radius 2 is 1.91 bits per heavy atom. The lowest BCUT2D eigenvalue weighted by Gasteiger charge is -2.24. The van der Waals surface area contributed by atoms with E-state index >= 15 is 0 Å². The second-order valence-electron chi connectivity index (χ2n) is 5.60. The highest BCUT2D eigenvalue weighted by molar-refractivity contribution is 7.89. The molecule has 2 heterocycles. The Labute approximate surface area is 130 Å². The standard InChI is InChI=1S/C16H19N3O2S/c1-12-4-7-14(8-5-12)22(20,21)19-10-2-3-15(19)13-6-9-16(17)18-11-13/h4-9,11,15H,2-3,10H2,1H3,(H2,17,18)/t15-/m0/s1. The van der Waals surface area contributed by atoms with Crippen molar-refractivity contribution in [3.63, 3.8) is 0 Å². The molecule has 1 aliphatic rings. The van der Waals surface area contributed by atoms with E-state index in [2.05, 4.69) is 4.98 Å². The van der Waals surface area contributed by atoms with Crippen molar-refractivity contribution in [1.82, 2.24) is 9.29 Å². The number of aryl methyl sites for hydroxylation is 1. The molecule has 1 fully saturated rings. The van der Waals surface area contributed by atoms with Gasteiger partial charge in [0.15, 0.2) is 0 Å². The highest BCUT2D eigenvalue weighted by Gasteiger charge is 2.36. The predicted octanol–water partition coefficient (Wildman–Crippen LogP) is 2.50. The number of anilines is 1. The van der Waals surface area contributed by atoms with Crippen LogP contribution in [0.1, 0.15) is 30.0 Å². The Morgan fingerprint density at radius 3 is 2.55 bits per heavy atom. The van der Waals surface area contributed by atoms with Gasteiger partial charge in [-0.2, -0.15) is 4.31 Å². The first kappa shape index (κ1) is 15.0. The number of pyridine rings is 1. The summed E-state index contributed by atoms with van der Waals surface area (Å²) in [6.07, 6.45) is 3.32. The molecule has 2 aromatic rings. The van der Waals surface area contributed by atoms with E-state index in [0.29, 0.717) is 17.3 Å². The van der Waals surface area contributed by atoms with Crippen LogP contribution in [0.15, 0.2) is 47.5 Å². The van der Waals surface area contributed by atoms with Crippen LogP contribution in [-0.4, -0.2) is 24.3 Å².